The number of hydrogen-bond acceptors (Lipinski definition) is 2. The van der Waals surface area contributed by atoms with Gasteiger partial charge in [-0.25, -0.2) is 4.39 Å². The topological polar surface area (TPSA) is 41.1 Å². The predicted molar refractivity (Wildman–Crippen MR) is 83.0 cm³/mol. The molecule has 0 aromatic heterocycles. The largest absolute Gasteiger partial charge is 0.416 e. The Morgan fingerprint density at radius 1 is 1.04 bits per heavy atom. The smallest absolute Gasteiger partial charge is 0.374 e. The minimum atomic E-state index is -4.57. The van der Waals surface area contributed by atoms with Crippen molar-refractivity contribution in [3.63, 3.8) is 0 Å². The first-order valence-electron chi connectivity index (χ1n) is 7.27. The Bertz CT molecular complexity index is 687. The highest BCUT2D eigenvalue weighted by atomic mass is 19.4. The van der Waals surface area contributed by atoms with Gasteiger partial charge in [0.25, 0.3) is 0 Å². The number of anilines is 1. The summed E-state index contributed by atoms with van der Waals surface area (Å²) in [6.07, 6.45) is -3.94. The molecule has 0 atom stereocenters. The van der Waals surface area contributed by atoms with E-state index in [1.54, 1.807) is 0 Å². The maximum absolute atomic E-state index is 13.5. The summed E-state index contributed by atoms with van der Waals surface area (Å²) >= 11 is 0. The van der Waals surface area contributed by atoms with Crippen molar-refractivity contribution >= 4 is 11.6 Å². The summed E-state index contributed by atoms with van der Waals surface area (Å²) in [5.74, 6) is -1.28. The molecule has 0 radical (unpaired) electrons. The van der Waals surface area contributed by atoms with Crippen LogP contribution in [0.25, 0.3) is 0 Å². The van der Waals surface area contributed by atoms with Crippen LogP contribution in [-0.2, 0) is 17.4 Å². The summed E-state index contributed by atoms with van der Waals surface area (Å²) in [4.78, 5) is 11.7. The Labute approximate surface area is 136 Å². The molecular formula is C17H16F4N2O. The zero-order chi connectivity index (χ0) is 17.6. The molecule has 0 saturated heterocycles. The number of benzene rings is 2. The summed E-state index contributed by atoms with van der Waals surface area (Å²) < 4.78 is 51.3. The fraction of sp³-hybridized carbons (Fsp3) is 0.235. The lowest BCUT2D eigenvalue weighted by Gasteiger charge is -2.12. The Hall–Kier alpha value is -2.57. The van der Waals surface area contributed by atoms with E-state index in [1.165, 1.54) is 0 Å². The lowest BCUT2D eigenvalue weighted by molar-refractivity contribution is -0.137. The van der Waals surface area contributed by atoms with Crippen molar-refractivity contribution in [2.45, 2.75) is 12.6 Å². The van der Waals surface area contributed by atoms with Crippen LogP contribution >= 0.6 is 0 Å². The van der Waals surface area contributed by atoms with Gasteiger partial charge in [-0.2, -0.15) is 13.2 Å². The molecule has 2 rings (SSSR count). The van der Waals surface area contributed by atoms with E-state index in [0.717, 1.165) is 11.6 Å². The molecule has 24 heavy (non-hydrogen) atoms. The fourth-order valence-corrected chi connectivity index (χ4v) is 2.07. The van der Waals surface area contributed by atoms with Crippen molar-refractivity contribution in [3.8, 4) is 0 Å². The highest BCUT2D eigenvalue weighted by Crippen LogP contribution is 2.31. The third-order valence-corrected chi connectivity index (χ3v) is 3.31. The second kappa shape index (κ2) is 7.81. The number of hydrogen-bond donors (Lipinski definition) is 2. The van der Waals surface area contributed by atoms with Crippen LogP contribution in [0.5, 0.6) is 0 Å². The Morgan fingerprint density at radius 2 is 1.75 bits per heavy atom. The molecule has 3 nitrogen and oxygen atoms in total. The van der Waals surface area contributed by atoms with Gasteiger partial charge in [-0.3, -0.25) is 4.79 Å². The van der Waals surface area contributed by atoms with Crippen LogP contribution in [0.4, 0.5) is 23.2 Å². The minimum Gasteiger partial charge on any atom is -0.374 e. The van der Waals surface area contributed by atoms with Crippen LogP contribution in [0.2, 0.25) is 0 Å². The average Bonchev–Trinajstić information content (AvgIpc) is 2.54. The zero-order valence-corrected chi connectivity index (χ0v) is 12.7. The van der Waals surface area contributed by atoms with E-state index in [1.807, 2.05) is 30.3 Å². The van der Waals surface area contributed by atoms with Crippen LogP contribution in [0.15, 0.2) is 48.5 Å². The van der Waals surface area contributed by atoms with Gasteiger partial charge in [0.05, 0.1) is 17.8 Å². The van der Waals surface area contributed by atoms with Gasteiger partial charge in [0.15, 0.2) is 0 Å². The quantitative estimate of drug-likeness (QED) is 0.789. The predicted octanol–water partition coefficient (Wildman–Crippen LogP) is 3.62. The minimum absolute atomic E-state index is 0.312. The molecule has 7 heteroatoms. The Balaban J connectivity index is 1.83. The van der Waals surface area contributed by atoms with Gasteiger partial charge in [-0.15, -0.1) is 0 Å². The summed E-state index contributed by atoms with van der Waals surface area (Å²) in [7, 11) is 0. The van der Waals surface area contributed by atoms with Crippen molar-refractivity contribution < 1.29 is 22.4 Å². The van der Waals surface area contributed by atoms with Crippen LogP contribution in [0.1, 0.15) is 11.1 Å². The standard InChI is InChI=1S/C17H16F4N2O/c18-14-7-6-13(17(19,20)21)10-15(14)23-11-16(24)22-9-8-12-4-2-1-3-5-12/h1-7,10,23H,8-9,11H2,(H,22,24). The van der Waals surface area contributed by atoms with E-state index in [9.17, 15) is 22.4 Å². The molecule has 2 N–H and O–H groups in total. The SMILES string of the molecule is O=C(CNc1cc(C(F)(F)F)ccc1F)NCCc1ccccc1. The average molecular weight is 340 g/mol. The van der Waals surface area contributed by atoms with Gasteiger partial charge in [0, 0.05) is 6.54 Å². The molecule has 2 aromatic rings. The van der Waals surface area contributed by atoms with E-state index in [4.69, 9.17) is 0 Å². The number of amides is 1. The van der Waals surface area contributed by atoms with E-state index in [0.29, 0.717) is 25.1 Å². The van der Waals surface area contributed by atoms with Crippen molar-refractivity contribution in [2.24, 2.45) is 0 Å². The highest BCUT2D eigenvalue weighted by molar-refractivity contribution is 5.80. The van der Waals surface area contributed by atoms with Gasteiger partial charge in [0.2, 0.25) is 5.91 Å². The summed E-state index contributed by atoms with van der Waals surface area (Å²) in [6.45, 7) is 0.0720. The molecular weight excluding hydrogens is 324 g/mol. The molecule has 0 saturated carbocycles. The van der Waals surface area contributed by atoms with Gasteiger partial charge in [-0.05, 0) is 30.2 Å². The summed E-state index contributed by atoms with van der Waals surface area (Å²) in [5.41, 5.74) is -0.284. The number of rotatable bonds is 6. The van der Waals surface area contributed by atoms with Crippen molar-refractivity contribution in [1.82, 2.24) is 5.32 Å². The lowest BCUT2D eigenvalue weighted by atomic mass is 10.1. The van der Waals surface area contributed by atoms with Crippen LogP contribution in [0, 0.1) is 5.82 Å². The van der Waals surface area contributed by atoms with E-state index in [-0.39, 0.29) is 12.2 Å². The highest BCUT2D eigenvalue weighted by Gasteiger charge is 2.31. The second-order valence-corrected chi connectivity index (χ2v) is 5.13. The van der Waals surface area contributed by atoms with Gasteiger partial charge in [-0.1, -0.05) is 30.3 Å². The van der Waals surface area contributed by atoms with E-state index in [2.05, 4.69) is 10.6 Å². The number of alkyl halides is 3. The molecule has 0 unspecified atom stereocenters. The van der Waals surface area contributed by atoms with Gasteiger partial charge < -0.3 is 10.6 Å². The fourth-order valence-electron chi connectivity index (χ4n) is 2.07. The third-order valence-electron chi connectivity index (χ3n) is 3.31. The number of nitrogens with one attached hydrogen (secondary N) is 2. The molecule has 0 aliphatic heterocycles. The normalized spacial score (nSPS) is 11.2. The first-order valence-corrected chi connectivity index (χ1v) is 7.27. The zero-order valence-electron chi connectivity index (χ0n) is 12.7. The van der Waals surface area contributed by atoms with Crippen LogP contribution < -0.4 is 10.6 Å². The molecule has 0 heterocycles. The van der Waals surface area contributed by atoms with Gasteiger partial charge in [0.1, 0.15) is 5.82 Å². The summed E-state index contributed by atoms with van der Waals surface area (Å²) in [6, 6.07) is 11.5. The first kappa shape index (κ1) is 17.8. The number of carbonyl (C=O) groups is 1. The third kappa shape index (κ3) is 5.26. The van der Waals surface area contributed by atoms with Crippen LogP contribution in [-0.4, -0.2) is 19.0 Å². The number of carbonyl (C=O) groups excluding carboxylic acids is 1. The Morgan fingerprint density at radius 3 is 2.42 bits per heavy atom. The molecule has 0 bridgehead atoms. The van der Waals surface area contributed by atoms with Crippen molar-refractivity contribution in [1.29, 1.82) is 0 Å². The number of halogens is 4. The maximum Gasteiger partial charge on any atom is 0.416 e. The molecule has 128 valence electrons. The Kier molecular flexibility index (Phi) is 5.78. The maximum atomic E-state index is 13.5. The van der Waals surface area contributed by atoms with Gasteiger partial charge >= 0.3 is 6.18 Å². The van der Waals surface area contributed by atoms with E-state index < -0.39 is 23.5 Å². The molecule has 2 aromatic carbocycles. The molecule has 1 amide bonds. The second-order valence-electron chi connectivity index (χ2n) is 5.13. The first-order chi connectivity index (χ1) is 11.4. The molecule has 0 aliphatic carbocycles. The monoisotopic (exact) mass is 340 g/mol. The molecule has 0 spiro atoms. The molecule has 0 aliphatic rings. The summed E-state index contributed by atoms with van der Waals surface area (Å²) in [5, 5.41) is 5.01. The lowest BCUT2D eigenvalue weighted by Crippen LogP contribution is -2.31. The molecule has 0 fully saturated rings. The van der Waals surface area contributed by atoms with E-state index >= 15 is 0 Å². The van der Waals surface area contributed by atoms with Crippen LogP contribution in [0.3, 0.4) is 0 Å². The van der Waals surface area contributed by atoms with Crippen molar-refractivity contribution in [3.05, 3.63) is 65.5 Å². The van der Waals surface area contributed by atoms with Crippen molar-refractivity contribution in [2.75, 3.05) is 18.4 Å².